The van der Waals surface area contributed by atoms with Crippen LogP contribution in [0.3, 0.4) is 0 Å². The molecule has 1 heteroatoms. The second-order valence-corrected chi connectivity index (χ2v) is 3.63. The molecule has 0 aromatic carbocycles. The summed E-state index contributed by atoms with van der Waals surface area (Å²) in [6.45, 7) is 5.53. The lowest BCUT2D eigenvalue weighted by atomic mass is 9.69. The van der Waals surface area contributed by atoms with Gasteiger partial charge >= 0.3 is 0 Å². The summed E-state index contributed by atoms with van der Waals surface area (Å²) in [5, 5.41) is 0. The first-order valence-corrected chi connectivity index (χ1v) is 4.39. The summed E-state index contributed by atoms with van der Waals surface area (Å²) in [4.78, 5) is 11.5. The van der Waals surface area contributed by atoms with Gasteiger partial charge in [-0.3, -0.25) is 4.79 Å². The lowest BCUT2D eigenvalue weighted by Gasteiger charge is -2.31. The molecule has 0 rings (SSSR count). The second kappa shape index (κ2) is 4.73. The van der Waals surface area contributed by atoms with E-state index in [1.54, 1.807) is 6.92 Å². The zero-order valence-electron chi connectivity index (χ0n) is 8.55. The molecule has 0 radical (unpaired) electrons. The van der Waals surface area contributed by atoms with Gasteiger partial charge in [-0.05, 0) is 12.8 Å². The van der Waals surface area contributed by atoms with Crippen LogP contribution in [0, 0.1) is 36.0 Å². The minimum atomic E-state index is -0.510. The van der Waals surface area contributed by atoms with Crippen LogP contribution in [-0.4, -0.2) is 5.78 Å². The van der Waals surface area contributed by atoms with E-state index in [9.17, 15) is 4.79 Å². The number of terminal acetylenes is 2. The molecule has 13 heavy (non-hydrogen) atoms. The van der Waals surface area contributed by atoms with E-state index >= 15 is 0 Å². The van der Waals surface area contributed by atoms with Crippen LogP contribution in [0.1, 0.15) is 33.6 Å². The van der Waals surface area contributed by atoms with E-state index in [1.165, 1.54) is 0 Å². The highest BCUT2D eigenvalue weighted by molar-refractivity contribution is 5.83. The van der Waals surface area contributed by atoms with Gasteiger partial charge in [0.25, 0.3) is 0 Å². The molecule has 0 bridgehead atoms. The van der Waals surface area contributed by atoms with Crippen molar-refractivity contribution >= 4 is 5.78 Å². The maximum Gasteiger partial charge on any atom is 0.138 e. The molecule has 0 heterocycles. The number of Topliss-reactive ketones (excluding diaryl/α,β-unsaturated/α-hetero) is 1. The van der Waals surface area contributed by atoms with Gasteiger partial charge in [-0.1, -0.05) is 13.8 Å². The van der Waals surface area contributed by atoms with Gasteiger partial charge in [0.15, 0.2) is 0 Å². The van der Waals surface area contributed by atoms with Crippen LogP contribution in [0.2, 0.25) is 0 Å². The first kappa shape index (κ1) is 11.8. The first-order valence-electron chi connectivity index (χ1n) is 4.39. The fourth-order valence-corrected chi connectivity index (χ4v) is 1.49. The molecular weight excluding hydrogens is 160 g/mol. The quantitative estimate of drug-likeness (QED) is 0.600. The minimum absolute atomic E-state index is 0.0957. The molecule has 0 aliphatic heterocycles. The smallest absolute Gasteiger partial charge is 0.138 e. The Bertz CT molecular complexity index is 244. The van der Waals surface area contributed by atoms with Crippen molar-refractivity contribution in [2.45, 2.75) is 33.6 Å². The Morgan fingerprint density at radius 2 is 1.69 bits per heavy atom. The van der Waals surface area contributed by atoms with Gasteiger partial charge in [0.05, 0.1) is 5.41 Å². The molecule has 0 N–H and O–H groups in total. The number of carbonyl (C=O) groups is 1. The predicted molar refractivity (Wildman–Crippen MR) is 54.9 cm³/mol. The van der Waals surface area contributed by atoms with Gasteiger partial charge in [-0.2, -0.15) is 0 Å². The standard InChI is InChI=1S/C12H16O/c1-6-8-12(9-7-2,10(3)4)11(5)13/h1-2,10H,8-9H2,3-5H3. The van der Waals surface area contributed by atoms with Crippen molar-refractivity contribution in [1.82, 2.24) is 0 Å². The van der Waals surface area contributed by atoms with E-state index in [4.69, 9.17) is 12.8 Å². The molecule has 0 aliphatic carbocycles. The highest BCUT2D eigenvalue weighted by Gasteiger charge is 2.37. The van der Waals surface area contributed by atoms with E-state index in [1.807, 2.05) is 13.8 Å². The van der Waals surface area contributed by atoms with Crippen molar-refractivity contribution in [1.29, 1.82) is 0 Å². The van der Waals surface area contributed by atoms with Crippen molar-refractivity contribution in [2.75, 3.05) is 0 Å². The summed E-state index contributed by atoms with van der Waals surface area (Å²) in [6, 6.07) is 0. The van der Waals surface area contributed by atoms with Crippen molar-refractivity contribution in [3.63, 3.8) is 0 Å². The molecule has 0 fully saturated rings. The topological polar surface area (TPSA) is 17.1 Å². The van der Waals surface area contributed by atoms with Crippen molar-refractivity contribution in [2.24, 2.45) is 11.3 Å². The van der Waals surface area contributed by atoms with Crippen LogP contribution in [-0.2, 0) is 4.79 Å². The van der Waals surface area contributed by atoms with E-state index in [0.29, 0.717) is 12.8 Å². The predicted octanol–water partition coefficient (Wildman–Crippen LogP) is 2.26. The van der Waals surface area contributed by atoms with Crippen LogP contribution in [0.4, 0.5) is 0 Å². The zero-order valence-corrected chi connectivity index (χ0v) is 8.55. The first-order chi connectivity index (χ1) is 6.01. The summed E-state index contributed by atoms with van der Waals surface area (Å²) >= 11 is 0. The highest BCUT2D eigenvalue weighted by atomic mass is 16.1. The normalized spacial score (nSPS) is 10.6. The third kappa shape index (κ3) is 2.36. The number of hydrogen-bond acceptors (Lipinski definition) is 1. The van der Waals surface area contributed by atoms with E-state index < -0.39 is 5.41 Å². The van der Waals surface area contributed by atoms with Gasteiger partial charge in [0.1, 0.15) is 5.78 Å². The number of ketones is 1. The lowest BCUT2D eigenvalue weighted by molar-refractivity contribution is -0.128. The average Bonchev–Trinajstić information content (AvgIpc) is 2.03. The minimum Gasteiger partial charge on any atom is -0.299 e. The number of hydrogen-bond donors (Lipinski definition) is 0. The monoisotopic (exact) mass is 176 g/mol. The molecule has 0 unspecified atom stereocenters. The molecule has 0 saturated carbocycles. The lowest BCUT2D eigenvalue weighted by Crippen LogP contribution is -2.34. The second-order valence-electron chi connectivity index (χ2n) is 3.63. The molecule has 0 spiro atoms. The Labute approximate surface area is 80.9 Å². The summed E-state index contributed by atoms with van der Waals surface area (Å²) < 4.78 is 0. The van der Waals surface area contributed by atoms with E-state index in [0.717, 1.165) is 0 Å². The van der Waals surface area contributed by atoms with Crippen molar-refractivity contribution in [3.05, 3.63) is 0 Å². The maximum atomic E-state index is 11.5. The third-order valence-corrected chi connectivity index (χ3v) is 2.64. The van der Waals surface area contributed by atoms with Crippen LogP contribution in [0.5, 0.6) is 0 Å². The Kier molecular flexibility index (Phi) is 4.29. The fourth-order valence-electron chi connectivity index (χ4n) is 1.49. The van der Waals surface area contributed by atoms with Crippen molar-refractivity contribution in [3.8, 4) is 24.7 Å². The van der Waals surface area contributed by atoms with Gasteiger partial charge in [0.2, 0.25) is 0 Å². The van der Waals surface area contributed by atoms with Gasteiger partial charge in [-0.25, -0.2) is 0 Å². The third-order valence-electron chi connectivity index (χ3n) is 2.64. The van der Waals surface area contributed by atoms with Crippen LogP contribution < -0.4 is 0 Å². The molecule has 0 atom stereocenters. The summed E-state index contributed by atoms with van der Waals surface area (Å²) in [5.41, 5.74) is -0.510. The van der Waals surface area contributed by atoms with Gasteiger partial charge in [0, 0.05) is 12.8 Å². The molecular formula is C12H16O. The Morgan fingerprint density at radius 3 is 1.85 bits per heavy atom. The average molecular weight is 176 g/mol. The molecule has 0 aromatic heterocycles. The van der Waals surface area contributed by atoms with Crippen LogP contribution in [0.15, 0.2) is 0 Å². The maximum absolute atomic E-state index is 11.5. The number of carbonyl (C=O) groups excluding carboxylic acids is 1. The molecule has 0 aliphatic rings. The highest BCUT2D eigenvalue weighted by Crippen LogP contribution is 2.35. The Morgan fingerprint density at radius 1 is 1.31 bits per heavy atom. The largest absolute Gasteiger partial charge is 0.299 e. The molecule has 0 aromatic rings. The summed E-state index contributed by atoms with van der Waals surface area (Å²) in [7, 11) is 0. The Balaban J connectivity index is 4.97. The van der Waals surface area contributed by atoms with Gasteiger partial charge in [-0.15, -0.1) is 24.7 Å². The fraction of sp³-hybridized carbons (Fsp3) is 0.583. The summed E-state index contributed by atoms with van der Waals surface area (Å²) in [6.07, 6.45) is 11.4. The van der Waals surface area contributed by atoms with Crippen LogP contribution in [0.25, 0.3) is 0 Å². The number of rotatable bonds is 4. The molecule has 1 nitrogen and oxygen atoms in total. The summed E-state index contributed by atoms with van der Waals surface area (Å²) in [5.74, 6) is 5.37. The van der Waals surface area contributed by atoms with E-state index in [2.05, 4.69) is 11.8 Å². The van der Waals surface area contributed by atoms with E-state index in [-0.39, 0.29) is 11.7 Å². The molecule has 0 amide bonds. The van der Waals surface area contributed by atoms with Gasteiger partial charge < -0.3 is 0 Å². The SMILES string of the molecule is C#CCC(CC#C)(C(C)=O)C(C)C. The zero-order chi connectivity index (χ0) is 10.5. The molecule has 70 valence electrons. The molecule has 0 saturated heterocycles. The van der Waals surface area contributed by atoms with Crippen molar-refractivity contribution < 1.29 is 4.79 Å². The van der Waals surface area contributed by atoms with Crippen LogP contribution >= 0.6 is 0 Å². The Hall–Kier alpha value is -1.21.